The Hall–Kier alpha value is -4.94. The van der Waals surface area contributed by atoms with Gasteiger partial charge in [-0.3, -0.25) is 0 Å². The van der Waals surface area contributed by atoms with E-state index in [1.165, 1.54) is 49.6 Å². The quantitative estimate of drug-likeness (QED) is 0.0874. The van der Waals surface area contributed by atoms with Gasteiger partial charge in [0.1, 0.15) is 5.82 Å². The Morgan fingerprint density at radius 1 is 0.837 bits per heavy atom. The molecule has 2 atom stereocenters. The SMILES string of the molecule is [B]=S(=O)(Nc1ccc(-c2ccc(C(F)(F)F)cc2)cc1C(=O)NC(Cc1ccc(-c2ccc(F)c(Cl)c2)cc1)C(=O)OC)c1ccccc1. The summed E-state index contributed by atoms with van der Waals surface area (Å²) in [5.41, 5.74) is 1.95. The Morgan fingerprint density at radius 2 is 1.41 bits per heavy atom. The third-order valence-electron chi connectivity index (χ3n) is 7.60. The monoisotopic (exact) mass is 705 g/mol. The van der Waals surface area contributed by atoms with Crippen molar-refractivity contribution in [2.75, 3.05) is 11.8 Å². The summed E-state index contributed by atoms with van der Waals surface area (Å²) in [7, 11) is -2.25. The molecule has 1 amide bonds. The summed E-state index contributed by atoms with van der Waals surface area (Å²) in [6.07, 6.45) is -4.52. The van der Waals surface area contributed by atoms with Crippen molar-refractivity contribution in [1.82, 2.24) is 5.32 Å². The number of hydrogen-bond acceptors (Lipinski definition) is 4. The van der Waals surface area contributed by atoms with Crippen LogP contribution in [0, 0.1) is 5.82 Å². The molecule has 0 heterocycles. The second-order valence-electron chi connectivity index (χ2n) is 10.9. The number of benzene rings is 5. The van der Waals surface area contributed by atoms with Crippen LogP contribution in [0.25, 0.3) is 22.3 Å². The third-order valence-corrected chi connectivity index (χ3v) is 9.39. The number of hydrogen-bond donors (Lipinski definition) is 2. The molecule has 0 saturated heterocycles. The number of esters is 1. The maximum absolute atomic E-state index is 13.9. The molecular weight excluding hydrogens is 679 g/mol. The normalized spacial score (nSPS) is 13.2. The van der Waals surface area contributed by atoms with E-state index in [-0.39, 0.29) is 27.6 Å². The number of carbonyl (C=O) groups is 2. The number of ether oxygens (including phenoxy) is 1. The van der Waals surface area contributed by atoms with Crippen LogP contribution in [0.3, 0.4) is 0 Å². The Labute approximate surface area is 286 Å². The molecule has 2 unspecified atom stereocenters. The van der Waals surface area contributed by atoms with Crippen LogP contribution in [-0.2, 0) is 31.7 Å². The molecule has 0 aromatic heterocycles. The summed E-state index contributed by atoms with van der Waals surface area (Å²) in [6.45, 7) is 6.17. The van der Waals surface area contributed by atoms with Gasteiger partial charge >= 0.3 is 237 Å². The Morgan fingerprint density at radius 3 is 2.00 bits per heavy atom. The summed E-state index contributed by atoms with van der Waals surface area (Å²) >= 11 is 5.92. The molecule has 6 nitrogen and oxygen atoms in total. The zero-order chi connectivity index (χ0) is 35.3. The number of rotatable bonds is 10. The topological polar surface area (TPSA) is 84.5 Å². The molecule has 0 spiro atoms. The minimum absolute atomic E-state index is 0.0157. The fourth-order valence-corrected chi connectivity index (χ4v) is 6.38. The number of amides is 1. The van der Waals surface area contributed by atoms with E-state index >= 15 is 0 Å². The predicted octanol–water partition coefficient (Wildman–Crippen LogP) is 8.10. The molecule has 5 aromatic carbocycles. The summed E-state index contributed by atoms with van der Waals surface area (Å²) in [5, 5.41) is 2.64. The fourth-order valence-electron chi connectivity index (χ4n) is 5.01. The Bertz CT molecular complexity index is 2100. The van der Waals surface area contributed by atoms with Gasteiger partial charge in [0.25, 0.3) is 0 Å². The number of alkyl halides is 3. The molecule has 0 aliphatic rings. The van der Waals surface area contributed by atoms with Crippen molar-refractivity contribution in [1.29, 1.82) is 0 Å². The zero-order valence-corrected chi connectivity index (χ0v) is 27.3. The van der Waals surface area contributed by atoms with Crippen molar-refractivity contribution >= 4 is 45.4 Å². The maximum atomic E-state index is 13.9. The Balaban J connectivity index is 1.46. The number of halogens is 5. The molecule has 249 valence electrons. The number of nitrogens with one attached hydrogen (secondary N) is 2. The van der Waals surface area contributed by atoms with E-state index in [2.05, 4.69) is 10.0 Å². The van der Waals surface area contributed by atoms with Gasteiger partial charge in [-0.05, 0) is 17.7 Å². The molecule has 0 aliphatic carbocycles. The number of methoxy groups -OCH3 is 1. The van der Waals surface area contributed by atoms with Gasteiger partial charge in [0, 0.05) is 0 Å². The average molecular weight is 706 g/mol. The van der Waals surface area contributed by atoms with Crippen LogP contribution in [0.1, 0.15) is 21.5 Å². The van der Waals surface area contributed by atoms with Crippen molar-refractivity contribution in [2.45, 2.75) is 23.5 Å². The molecule has 0 fully saturated rings. The molecule has 2 N–H and O–H groups in total. The van der Waals surface area contributed by atoms with Gasteiger partial charge in [-0.2, -0.15) is 0 Å². The number of anilines is 1. The predicted molar refractivity (Wildman–Crippen MR) is 183 cm³/mol. The first kappa shape index (κ1) is 35.4. The first-order valence-corrected chi connectivity index (χ1v) is 16.6. The van der Waals surface area contributed by atoms with Gasteiger partial charge in [0.2, 0.25) is 0 Å². The van der Waals surface area contributed by atoms with E-state index in [9.17, 15) is 31.4 Å². The van der Waals surface area contributed by atoms with Crippen LogP contribution in [0.2, 0.25) is 5.02 Å². The number of carbonyl (C=O) groups excluding carboxylic acids is 2. The van der Waals surface area contributed by atoms with E-state index in [0.717, 1.165) is 17.7 Å². The van der Waals surface area contributed by atoms with Crippen molar-refractivity contribution in [3.63, 3.8) is 0 Å². The second-order valence-corrected chi connectivity index (χ2v) is 13.2. The molecular formula is C36H27BClF4N2O4S. The molecule has 5 rings (SSSR count). The average Bonchev–Trinajstić information content (AvgIpc) is 3.09. The van der Waals surface area contributed by atoms with Gasteiger partial charge in [0.15, 0.2) is 0 Å². The molecule has 0 aliphatic heterocycles. The van der Waals surface area contributed by atoms with E-state index in [1.54, 1.807) is 60.7 Å². The summed E-state index contributed by atoms with van der Waals surface area (Å²) < 4.78 is 74.4. The molecule has 1 radical (unpaired) electrons. The van der Waals surface area contributed by atoms with Crippen molar-refractivity contribution in [3.05, 3.63) is 143 Å². The van der Waals surface area contributed by atoms with Gasteiger partial charge in [0.05, 0.1) is 5.02 Å². The second kappa shape index (κ2) is 14.7. The molecule has 13 heteroatoms. The first-order valence-electron chi connectivity index (χ1n) is 14.6. The summed E-state index contributed by atoms with van der Waals surface area (Å²) in [4.78, 5) is 27.0. The van der Waals surface area contributed by atoms with Gasteiger partial charge < -0.3 is 0 Å². The molecule has 5 aromatic rings. The van der Waals surface area contributed by atoms with E-state index in [4.69, 9.17) is 23.1 Å². The summed E-state index contributed by atoms with van der Waals surface area (Å²) in [6, 6.07) is 27.0. The first-order chi connectivity index (χ1) is 23.2. The van der Waals surface area contributed by atoms with Gasteiger partial charge in [-0.25, -0.2) is 4.39 Å². The van der Waals surface area contributed by atoms with Crippen LogP contribution in [-0.4, -0.2) is 36.0 Å². The standard InChI is InChI=1S/C36H27BClF4N2O4S/c1-48-35(46)33(19-22-7-9-23(10-8-22)26-13-17-31(39)30(38)21-26)43-34(45)29-20-25(24-11-15-27(16-12-24)36(40,41)42)14-18-32(29)44-49(37,47)28-5-3-2-4-6-28/h2-18,20-21,33H,19H2,1H3,(H,43,45)(H,44,47). The van der Waals surface area contributed by atoms with Crippen molar-refractivity contribution < 1.29 is 36.1 Å². The van der Waals surface area contributed by atoms with Crippen LogP contribution < -0.4 is 10.0 Å². The van der Waals surface area contributed by atoms with Crippen LogP contribution >= 0.6 is 11.6 Å². The molecule has 49 heavy (non-hydrogen) atoms. The van der Waals surface area contributed by atoms with Crippen LogP contribution in [0.4, 0.5) is 23.2 Å². The van der Waals surface area contributed by atoms with Crippen LogP contribution in [0.5, 0.6) is 0 Å². The Kier molecular flexibility index (Phi) is 10.6. The zero-order valence-electron chi connectivity index (χ0n) is 25.8. The minimum atomic E-state index is -4.53. The fraction of sp³-hybridized carbons (Fsp3) is 0.111. The summed E-state index contributed by atoms with van der Waals surface area (Å²) in [5.74, 6) is -2.06. The van der Waals surface area contributed by atoms with Gasteiger partial charge in [-0.1, -0.05) is 17.7 Å². The van der Waals surface area contributed by atoms with E-state index < -0.39 is 45.0 Å². The van der Waals surface area contributed by atoms with E-state index in [0.29, 0.717) is 22.3 Å². The van der Waals surface area contributed by atoms with E-state index in [1.807, 2.05) is 0 Å². The van der Waals surface area contributed by atoms with Crippen molar-refractivity contribution in [3.8, 4) is 22.3 Å². The van der Waals surface area contributed by atoms with Crippen molar-refractivity contribution in [2.24, 2.45) is 0 Å². The molecule has 0 saturated carbocycles. The van der Waals surface area contributed by atoms with Crippen LogP contribution in [0.15, 0.2) is 120 Å². The molecule has 0 bridgehead atoms. The third kappa shape index (κ3) is 8.57. The van der Waals surface area contributed by atoms with Gasteiger partial charge in [-0.15, -0.1) is 0 Å².